The third kappa shape index (κ3) is 9.82. The van der Waals surface area contributed by atoms with Crippen molar-refractivity contribution in [2.45, 2.75) is 63.7 Å². The number of aromatic amines is 1. The molecule has 0 bridgehead atoms. The van der Waals surface area contributed by atoms with E-state index in [4.69, 9.17) is 23.1 Å². The van der Waals surface area contributed by atoms with Crippen molar-refractivity contribution in [1.29, 1.82) is 0 Å². The van der Waals surface area contributed by atoms with E-state index in [0.29, 0.717) is 21.5 Å². The summed E-state index contributed by atoms with van der Waals surface area (Å²) >= 11 is 6.29. The molecule has 1 aromatic carbocycles. The number of guanidine groups is 1. The number of carboxylic acids is 1. The van der Waals surface area contributed by atoms with Crippen molar-refractivity contribution in [1.82, 2.24) is 31.6 Å². The molecule has 16 nitrogen and oxygen atoms in total. The molecule has 1 aromatic heterocycles. The number of H-pyrrole nitrogens is 1. The number of nitrogens with two attached hydrogens (primary N) is 2. The van der Waals surface area contributed by atoms with Crippen molar-refractivity contribution in [3.63, 3.8) is 0 Å². The molecule has 244 valence electrons. The second-order valence-electron chi connectivity index (χ2n) is 10.9. The molecule has 45 heavy (non-hydrogen) atoms. The molecule has 1 saturated heterocycles. The van der Waals surface area contributed by atoms with Crippen LogP contribution in [0.15, 0.2) is 29.4 Å². The smallest absolute Gasteiger partial charge is 0.305 e. The molecule has 3 rings (SSSR count). The Labute approximate surface area is 263 Å². The first-order chi connectivity index (χ1) is 21.3. The van der Waals surface area contributed by atoms with Crippen LogP contribution in [0, 0.1) is 5.92 Å². The number of nitrogens with one attached hydrogen (secondary N) is 6. The Morgan fingerprint density at radius 2 is 1.67 bits per heavy atom. The molecule has 0 aliphatic carbocycles. The summed E-state index contributed by atoms with van der Waals surface area (Å²) in [6.45, 7) is 2.92. The van der Waals surface area contributed by atoms with Crippen LogP contribution >= 0.6 is 11.6 Å². The zero-order valence-electron chi connectivity index (χ0n) is 24.8. The quantitative estimate of drug-likeness (QED) is 0.0880. The molecule has 2 heterocycles. The molecule has 0 unspecified atom stereocenters. The van der Waals surface area contributed by atoms with Gasteiger partial charge in [0.05, 0.1) is 23.5 Å². The Morgan fingerprint density at radius 1 is 0.978 bits per heavy atom. The van der Waals surface area contributed by atoms with Crippen LogP contribution in [0.1, 0.15) is 38.7 Å². The van der Waals surface area contributed by atoms with Gasteiger partial charge in [0.2, 0.25) is 29.5 Å². The van der Waals surface area contributed by atoms with Crippen molar-refractivity contribution in [3.8, 4) is 0 Å². The first-order valence-electron chi connectivity index (χ1n) is 14.3. The third-order valence-corrected chi connectivity index (χ3v) is 7.40. The van der Waals surface area contributed by atoms with E-state index < -0.39 is 78.6 Å². The molecule has 11 N–H and O–H groups in total. The van der Waals surface area contributed by atoms with Gasteiger partial charge < -0.3 is 48.1 Å². The van der Waals surface area contributed by atoms with Gasteiger partial charge in [-0.25, -0.2) is 0 Å². The number of rotatable bonds is 9. The first kappa shape index (κ1) is 34.6. The van der Waals surface area contributed by atoms with Gasteiger partial charge in [-0.15, -0.1) is 0 Å². The van der Waals surface area contributed by atoms with E-state index >= 15 is 0 Å². The lowest BCUT2D eigenvalue weighted by Crippen LogP contribution is -2.59. The number of hydrogen-bond donors (Lipinski definition) is 9. The number of amides is 5. The molecule has 2 aromatic rings. The molecule has 0 radical (unpaired) electrons. The largest absolute Gasteiger partial charge is 0.481 e. The van der Waals surface area contributed by atoms with Gasteiger partial charge in [-0.2, -0.15) is 0 Å². The van der Waals surface area contributed by atoms with Gasteiger partial charge in [0, 0.05) is 24.5 Å². The molecule has 0 saturated carbocycles. The number of nitrogens with zero attached hydrogens (tertiary/aromatic N) is 1. The molecular weight excluding hydrogens is 610 g/mol. The maximum Gasteiger partial charge on any atom is 0.305 e. The minimum absolute atomic E-state index is 0.0778. The zero-order valence-corrected chi connectivity index (χ0v) is 25.6. The Balaban J connectivity index is 1.98. The molecule has 1 aliphatic heterocycles. The van der Waals surface area contributed by atoms with E-state index in [9.17, 15) is 33.9 Å². The van der Waals surface area contributed by atoms with E-state index in [1.807, 2.05) is 0 Å². The lowest BCUT2D eigenvalue weighted by Gasteiger charge is -2.27. The minimum atomic E-state index is -1.58. The lowest BCUT2D eigenvalue weighted by atomic mass is 9.99. The fourth-order valence-corrected chi connectivity index (χ4v) is 5.02. The van der Waals surface area contributed by atoms with Gasteiger partial charge in [0.25, 0.3) is 0 Å². The maximum absolute atomic E-state index is 13.7. The number of carboxylic acid groups (broad SMARTS) is 1. The SMILES string of the molecule is CC(C)[C@@H]1NC(=O)[C@@H](Cc2c[nH]c3c(Cl)cccc23)NC(=O)[C@H](CC(=O)O)NC(=O)CNC(=O)[C@H](CCCN=C(N)N)NC1=O. The number of aliphatic imine (C=N–C) groups is 1. The lowest BCUT2D eigenvalue weighted by molar-refractivity contribution is -0.141. The van der Waals surface area contributed by atoms with Crippen LogP contribution in [0.4, 0.5) is 0 Å². The normalized spacial score (nSPS) is 21.9. The summed E-state index contributed by atoms with van der Waals surface area (Å²) in [5, 5.41) is 23.1. The topological polar surface area (TPSA) is 263 Å². The number of benzene rings is 1. The monoisotopic (exact) mass is 647 g/mol. The van der Waals surface area contributed by atoms with Crippen molar-refractivity contribution in [3.05, 3.63) is 35.0 Å². The summed E-state index contributed by atoms with van der Waals surface area (Å²) in [6, 6.07) is 0.0122. The minimum Gasteiger partial charge on any atom is -0.481 e. The van der Waals surface area contributed by atoms with Crippen LogP contribution in [0.2, 0.25) is 5.02 Å². The average molecular weight is 648 g/mol. The predicted octanol–water partition coefficient (Wildman–Crippen LogP) is -1.38. The summed E-state index contributed by atoms with van der Waals surface area (Å²) in [5.74, 6) is -5.95. The second kappa shape index (κ2) is 15.7. The van der Waals surface area contributed by atoms with Crippen molar-refractivity contribution in [2.24, 2.45) is 22.4 Å². The van der Waals surface area contributed by atoms with E-state index in [1.165, 1.54) is 0 Å². The molecule has 1 fully saturated rings. The summed E-state index contributed by atoms with van der Waals surface area (Å²) < 4.78 is 0. The highest BCUT2D eigenvalue weighted by atomic mass is 35.5. The number of hydrogen-bond acceptors (Lipinski definition) is 7. The Bertz CT molecular complexity index is 1470. The molecule has 5 amide bonds. The van der Waals surface area contributed by atoms with E-state index in [2.05, 4.69) is 36.6 Å². The van der Waals surface area contributed by atoms with E-state index in [1.54, 1.807) is 38.2 Å². The van der Waals surface area contributed by atoms with Crippen LogP contribution in [0.25, 0.3) is 10.9 Å². The number of halogens is 1. The fraction of sp³-hybridized carbons (Fsp3) is 0.464. The van der Waals surface area contributed by atoms with Gasteiger partial charge in [0.1, 0.15) is 24.2 Å². The number of carbonyl (C=O) groups is 6. The average Bonchev–Trinajstić information content (AvgIpc) is 3.38. The van der Waals surface area contributed by atoms with Crippen LogP contribution in [-0.2, 0) is 35.2 Å². The van der Waals surface area contributed by atoms with Gasteiger partial charge in [-0.05, 0) is 30.4 Å². The highest BCUT2D eigenvalue weighted by Crippen LogP contribution is 2.26. The Hall–Kier alpha value is -4.86. The number of para-hydroxylation sites is 1. The number of carbonyl (C=O) groups excluding carboxylic acids is 5. The summed E-state index contributed by atoms with van der Waals surface area (Å²) in [7, 11) is 0. The van der Waals surface area contributed by atoms with Crippen molar-refractivity contribution >= 4 is 64.0 Å². The fourth-order valence-electron chi connectivity index (χ4n) is 4.79. The number of aliphatic carboxylic acids is 1. The molecule has 0 spiro atoms. The molecule has 1 aliphatic rings. The highest BCUT2D eigenvalue weighted by Gasteiger charge is 2.34. The molecular formula is C28H38ClN9O7. The third-order valence-electron chi connectivity index (χ3n) is 7.09. The Kier molecular flexibility index (Phi) is 12.1. The second-order valence-corrected chi connectivity index (χ2v) is 11.3. The zero-order chi connectivity index (χ0) is 33.3. The molecule has 4 atom stereocenters. The summed E-state index contributed by atoms with van der Waals surface area (Å²) in [4.78, 5) is 84.7. The standard InChI is InChI=1S/C28H38ClN9O7/c1-13(2)22-27(45)36-17(7-4-8-32-28(30)31)24(42)34-12-20(39)35-19(10-21(40)41)25(43)37-18(26(44)38-22)9-14-11-33-23-15(14)5-3-6-16(23)29/h3,5-6,11,13,17-19,22,33H,4,7-10,12H2,1-2H3,(H,34,42)(H,35,39)(H,36,45)(H,37,43)(H,38,44)(H,40,41)(H4,30,31,32)/t17-,18+,19-,22-/m0/s1. The Morgan fingerprint density at radius 3 is 2.33 bits per heavy atom. The van der Waals surface area contributed by atoms with Gasteiger partial charge in [-0.1, -0.05) is 37.6 Å². The van der Waals surface area contributed by atoms with Crippen molar-refractivity contribution < 1.29 is 33.9 Å². The van der Waals surface area contributed by atoms with Gasteiger partial charge >= 0.3 is 5.97 Å². The highest BCUT2D eigenvalue weighted by molar-refractivity contribution is 6.35. The first-order valence-corrected chi connectivity index (χ1v) is 14.6. The number of aromatic nitrogens is 1. The van der Waals surface area contributed by atoms with E-state index in [0.717, 1.165) is 0 Å². The van der Waals surface area contributed by atoms with E-state index in [-0.39, 0.29) is 31.8 Å². The predicted molar refractivity (Wildman–Crippen MR) is 165 cm³/mol. The molecule has 17 heteroatoms. The van der Waals surface area contributed by atoms with Crippen LogP contribution in [0.3, 0.4) is 0 Å². The van der Waals surface area contributed by atoms with Gasteiger partial charge in [-0.3, -0.25) is 33.8 Å². The maximum atomic E-state index is 13.7. The number of fused-ring (bicyclic) bond motifs is 1. The van der Waals surface area contributed by atoms with Crippen LogP contribution in [0.5, 0.6) is 0 Å². The van der Waals surface area contributed by atoms with Gasteiger partial charge in [0.15, 0.2) is 5.96 Å². The summed E-state index contributed by atoms with van der Waals surface area (Å²) in [6.07, 6.45) is 1.12. The van der Waals surface area contributed by atoms with Crippen molar-refractivity contribution in [2.75, 3.05) is 13.1 Å². The van der Waals surface area contributed by atoms with Crippen LogP contribution in [-0.4, -0.2) is 88.8 Å². The summed E-state index contributed by atoms with van der Waals surface area (Å²) in [5.41, 5.74) is 11.9. The van der Waals surface area contributed by atoms with Crippen LogP contribution < -0.4 is 38.1 Å².